The van der Waals surface area contributed by atoms with Gasteiger partial charge in [0.05, 0.1) is 17.7 Å². The van der Waals surface area contributed by atoms with Gasteiger partial charge in [0.25, 0.3) is 5.91 Å². The van der Waals surface area contributed by atoms with Crippen LogP contribution in [0.25, 0.3) is 10.8 Å². The average Bonchev–Trinajstić information content (AvgIpc) is 3.02. The van der Waals surface area contributed by atoms with Crippen molar-refractivity contribution in [2.75, 3.05) is 29.6 Å². The highest BCUT2D eigenvalue weighted by atomic mass is 32.2. The molecule has 0 bridgehead atoms. The SMILES string of the molecule is CCN1C(=O)c2cccc3c(NC(=O)CS(=O)(=O)c4ccc(OC)cc4)ccc1c23. The Balaban J connectivity index is 1.61. The third kappa shape index (κ3) is 3.29. The summed E-state index contributed by atoms with van der Waals surface area (Å²) in [5.41, 5.74) is 1.83. The molecule has 0 spiro atoms. The fourth-order valence-corrected chi connectivity index (χ4v) is 4.83. The molecule has 1 heterocycles. The molecule has 154 valence electrons. The van der Waals surface area contributed by atoms with E-state index in [1.807, 2.05) is 13.0 Å². The summed E-state index contributed by atoms with van der Waals surface area (Å²) in [6, 6.07) is 14.7. The number of carbonyl (C=O) groups excluding carboxylic acids is 2. The van der Waals surface area contributed by atoms with E-state index in [0.29, 0.717) is 28.9 Å². The Hall–Kier alpha value is -3.39. The summed E-state index contributed by atoms with van der Waals surface area (Å²) in [6.07, 6.45) is 0. The number of nitrogens with one attached hydrogen (secondary N) is 1. The van der Waals surface area contributed by atoms with Crippen molar-refractivity contribution in [3.05, 3.63) is 60.2 Å². The summed E-state index contributed by atoms with van der Waals surface area (Å²) in [7, 11) is -2.32. The van der Waals surface area contributed by atoms with Gasteiger partial charge in [-0.25, -0.2) is 8.42 Å². The normalized spacial score (nSPS) is 13.0. The number of sulfone groups is 1. The number of benzene rings is 3. The van der Waals surface area contributed by atoms with Crippen LogP contribution in [0.1, 0.15) is 17.3 Å². The Bertz CT molecular complexity index is 1270. The second-order valence-corrected chi connectivity index (χ2v) is 8.88. The van der Waals surface area contributed by atoms with Crippen LogP contribution in [0.3, 0.4) is 0 Å². The number of ether oxygens (including phenoxy) is 1. The molecule has 0 atom stereocenters. The molecule has 0 unspecified atom stereocenters. The average molecular weight is 424 g/mol. The molecule has 30 heavy (non-hydrogen) atoms. The minimum atomic E-state index is -3.81. The fraction of sp³-hybridized carbons (Fsp3) is 0.182. The first-order chi connectivity index (χ1) is 14.4. The van der Waals surface area contributed by atoms with Gasteiger partial charge in [-0.15, -0.1) is 0 Å². The lowest BCUT2D eigenvalue weighted by molar-refractivity contribution is -0.113. The smallest absolute Gasteiger partial charge is 0.258 e. The third-order valence-electron chi connectivity index (χ3n) is 5.11. The largest absolute Gasteiger partial charge is 0.497 e. The van der Waals surface area contributed by atoms with Crippen molar-refractivity contribution < 1.29 is 22.7 Å². The topological polar surface area (TPSA) is 92.8 Å². The summed E-state index contributed by atoms with van der Waals surface area (Å²) >= 11 is 0. The van der Waals surface area contributed by atoms with Crippen LogP contribution in [0.2, 0.25) is 0 Å². The van der Waals surface area contributed by atoms with E-state index in [1.54, 1.807) is 29.2 Å². The zero-order chi connectivity index (χ0) is 21.5. The summed E-state index contributed by atoms with van der Waals surface area (Å²) < 4.78 is 30.2. The molecule has 1 N–H and O–H groups in total. The predicted molar refractivity (Wildman–Crippen MR) is 115 cm³/mol. The molecule has 0 saturated carbocycles. The van der Waals surface area contributed by atoms with Crippen LogP contribution in [0, 0.1) is 0 Å². The fourth-order valence-electron chi connectivity index (χ4n) is 3.69. The highest BCUT2D eigenvalue weighted by Gasteiger charge is 2.29. The third-order valence-corrected chi connectivity index (χ3v) is 6.75. The predicted octanol–water partition coefficient (Wildman–Crippen LogP) is 3.24. The quantitative estimate of drug-likeness (QED) is 0.656. The molecule has 2 amide bonds. The Morgan fingerprint density at radius 2 is 1.80 bits per heavy atom. The van der Waals surface area contributed by atoms with Gasteiger partial charge in [-0.2, -0.15) is 0 Å². The second kappa shape index (κ2) is 7.46. The molecule has 1 aliphatic heterocycles. The number of hydrogen-bond donors (Lipinski definition) is 1. The Morgan fingerprint density at radius 3 is 2.47 bits per heavy atom. The Morgan fingerprint density at radius 1 is 1.07 bits per heavy atom. The molecule has 1 aliphatic rings. The van der Waals surface area contributed by atoms with Gasteiger partial charge >= 0.3 is 0 Å². The van der Waals surface area contributed by atoms with Crippen LogP contribution >= 0.6 is 0 Å². The lowest BCUT2D eigenvalue weighted by Crippen LogP contribution is -2.25. The maximum Gasteiger partial charge on any atom is 0.258 e. The second-order valence-electron chi connectivity index (χ2n) is 6.89. The van der Waals surface area contributed by atoms with Gasteiger partial charge in [0.15, 0.2) is 9.84 Å². The number of methoxy groups -OCH3 is 1. The molecule has 3 aromatic carbocycles. The Kier molecular flexibility index (Phi) is 4.95. The summed E-state index contributed by atoms with van der Waals surface area (Å²) in [4.78, 5) is 26.9. The molecule has 0 radical (unpaired) electrons. The van der Waals surface area contributed by atoms with E-state index in [1.165, 1.54) is 31.4 Å². The number of carbonyl (C=O) groups is 2. The molecule has 0 saturated heterocycles. The van der Waals surface area contributed by atoms with Gasteiger partial charge in [-0.3, -0.25) is 9.59 Å². The molecule has 0 fully saturated rings. The molecule has 7 nitrogen and oxygen atoms in total. The van der Waals surface area contributed by atoms with Crippen LogP contribution in [0.15, 0.2) is 59.5 Å². The van der Waals surface area contributed by atoms with Crippen LogP contribution in [-0.4, -0.2) is 39.6 Å². The number of hydrogen-bond acceptors (Lipinski definition) is 5. The van der Waals surface area contributed by atoms with E-state index >= 15 is 0 Å². The van der Waals surface area contributed by atoms with Crippen molar-refractivity contribution in [2.45, 2.75) is 11.8 Å². The van der Waals surface area contributed by atoms with E-state index in [4.69, 9.17) is 4.74 Å². The van der Waals surface area contributed by atoms with Gasteiger partial charge in [0.2, 0.25) is 5.91 Å². The maximum atomic E-state index is 12.6. The lowest BCUT2D eigenvalue weighted by atomic mass is 10.0. The lowest BCUT2D eigenvalue weighted by Gasteiger charge is -2.15. The summed E-state index contributed by atoms with van der Waals surface area (Å²) in [6.45, 7) is 2.43. The molecule has 0 aromatic heterocycles. The van der Waals surface area contributed by atoms with Crippen LogP contribution in [-0.2, 0) is 14.6 Å². The maximum absolute atomic E-state index is 12.6. The Labute approximate surface area is 174 Å². The van der Waals surface area contributed by atoms with E-state index in [-0.39, 0.29) is 10.8 Å². The van der Waals surface area contributed by atoms with E-state index < -0.39 is 21.5 Å². The molecule has 4 rings (SSSR count). The molecular formula is C22H20N2O5S. The first-order valence-corrected chi connectivity index (χ1v) is 11.0. The zero-order valence-corrected chi connectivity index (χ0v) is 17.3. The van der Waals surface area contributed by atoms with E-state index in [2.05, 4.69) is 5.32 Å². The van der Waals surface area contributed by atoms with Gasteiger partial charge < -0.3 is 15.0 Å². The zero-order valence-electron chi connectivity index (χ0n) is 16.5. The van der Waals surface area contributed by atoms with Crippen LogP contribution in [0.4, 0.5) is 11.4 Å². The van der Waals surface area contributed by atoms with Gasteiger partial charge in [-0.05, 0) is 49.4 Å². The monoisotopic (exact) mass is 424 g/mol. The van der Waals surface area contributed by atoms with E-state index in [9.17, 15) is 18.0 Å². The first kappa shape index (κ1) is 19.9. The van der Waals surface area contributed by atoms with Gasteiger partial charge in [0, 0.05) is 28.6 Å². The van der Waals surface area contributed by atoms with Crippen LogP contribution in [0.5, 0.6) is 5.75 Å². The first-order valence-electron chi connectivity index (χ1n) is 9.40. The van der Waals surface area contributed by atoms with Crippen molar-refractivity contribution in [1.29, 1.82) is 0 Å². The minimum Gasteiger partial charge on any atom is -0.497 e. The molecule has 3 aromatic rings. The number of anilines is 2. The standard InChI is InChI=1S/C22H20N2O5S/c1-3-24-19-12-11-18(16-5-4-6-17(21(16)19)22(24)26)23-20(25)13-30(27,28)15-9-7-14(29-2)8-10-15/h4-12H,3,13H2,1-2H3,(H,23,25). The van der Waals surface area contributed by atoms with E-state index in [0.717, 1.165) is 11.1 Å². The highest BCUT2D eigenvalue weighted by Crippen LogP contribution is 2.40. The highest BCUT2D eigenvalue weighted by molar-refractivity contribution is 7.92. The van der Waals surface area contributed by atoms with Crippen molar-refractivity contribution >= 4 is 43.8 Å². The van der Waals surface area contributed by atoms with Crippen molar-refractivity contribution in [3.8, 4) is 5.75 Å². The molecular weight excluding hydrogens is 404 g/mol. The van der Waals surface area contributed by atoms with Crippen LogP contribution < -0.4 is 15.0 Å². The number of rotatable bonds is 6. The summed E-state index contributed by atoms with van der Waals surface area (Å²) in [5.74, 6) is -0.892. The molecule has 0 aliphatic carbocycles. The summed E-state index contributed by atoms with van der Waals surface area (Å²) in [5, 5.41) is 4.15. The number of nitrogens with zero attached hydrogens (tertiary/aromatic N) is 1. The van der Waals surface area contributed by atoms with Crippen molar-refractivity contribution in [1.82, 2.24) is 0 Å². The van der Waals surface area contributed by atoms with Crippen molar-refractivity contribution in [3.63, 3.8) is 0 Å². The van der Waals surface area contributed by atoms with Crippen molar-refractivity contribution in [2.24, 2.45) is 0 Å². The van der Waals surface area contributed by atoms with Gasteiger partial charge in [0.1, 0.15) is 11.5 Å². The molecule has 8 heteroatoms. The minimum absolute atomic E-state index is 0.0445. The number of amides is 2. The van der Waals surface area contributed by atoms with Gasteiger partial charge in [-0.1, -0.05) is 12.1 Å².